The van der Waals surface area contributed by atoms with Crippen LogP contribution in [0.3, 0.4) is 0 Å². The summed E-state index contributed by atoms with van der Waals surface area (Å²) >= 11 is 1.59. The third-order valence-electron chi connectivity index (χ3n) is 2.82. The quantitative estimate of drug-likeness (QED) is 0.854. The molecule has 0 aliphatic rings. The number of amides is 1. The second-order valence-electron chi connectivity index (χ2n) is 4.23. The smallest absolute Gasteiger partial charge is 0.326 e. The number of thiazole rings is 1. The van der Waals surface area contributed by atoms with Crippen LogP contribution in [-0.4, -0.2) is 40.0 Å². The highest BCUT2D eigenvalue weighted by Crippen LogP contribution is 2.11. The van der Waals surface area contributed by atoms with Gasteiger partial charge in [-0.15, -0.1) is 11.3 Å². The van der Waals surface area contributed by atoms with Crippen molar-refractivity contribution in [2.24, 2.45) is 0 Å². The lowest BCUT2D eigenvalue weighted by Crippen LogP contribution is -2.40. The van der Waals surface area contributed by atoms with Gasteiger partial charge in [0.15, 0.2) is 0 Å². The van der Waals surface area contributed by atoms with Gasteiger partial charge < -0.3 is 10.0 Å². The molecule has 0 radical (unpaired) electrons. The van der Waals surface area contributed by atoms with Crippen LogP contribution in [0.4, 0.5) is 0 Å². The molecule has 1 aromatic rings. The van der Waals surface area contributed by atoms with Gasteiger partial charge in [-0.05, 0) is 26.7 Å². The molecular weight excluding hydrogens is 252 g/mol. The van der Waals surface area contributed by atoms with E-state index >= 15 is 0 Å². The second-order valence-corrected chi connectivity index (χ2v) is 5.29. The number of carbonyl (C=O) groups excluding carboxylic acids is 1. The van der Waals surface area contributed by atoms with Crippen LogP contribution in [-0.2, 0) is 16.0 Å². The van der Waals surface area contributed by atoms with E-state index in [-0.39, 0.29) is 5.91 Å². The van der Waals surface area contributed by atoms with Crippen molar-refractivity contribution >= 4 is 23.2 Å². The number of hydrogen-bond donors (Lipinski definition) is 1. The number of carboxylic acid groups (broad SMARTS) is 1. The molecule has 5 nitrogen and oxygen atoms in total. The minimum absolute atomic E-state index is 0.142. The van der Waals surface area contributed by atoms with Crippen LogP contribution < -0.4 is 0 Å². The number of rotatable bonds is 6. The van der Waals surface area contributed by atoms with E-state index in [0.29, 0.717) is 12.8 Å². The molecule has 0 aliphatic heterocycles. The summed E-state index contributed by atoms with van der Waals surface area (Å²) in [6.45, 7) is 3.45. The Kier molecular flexibility index (Phi) is 5.27. The molecule has 1 unspecified atom stereocenters. The molecule has 0 bridgehead atoms. The summed E-state index contributed by atoms with van der Waals surface area (Å²) in [5.41, 5.74) is 0.999. The van der Waals surface area contributed by atoms with Gasteiger partial charge in [-0.25, -0.2) is 9.78 Å². The van der Waals surface area contributed by atoms with Crippen molar-refractivity contribution < 1.29 is 14.7 Å². The fraction of sp³-hybridized carbons (Fsp3) is 0.583. The first kappa shape index (κ1) is 14.6. The standard InChI is InChI=1S/C12H18N2O3S/c1-8(12(16)17)14(3)11(15)6-4-5-10-7-18-9(2)13-10/h7-8H,4-6H2,1-3H3,(H,16,17). The summed E-state index contributed by atoms with van der Waals surface area (Å²) in [7, 11) is 1.52. The van der Waals surface area contributed by atoms with E-state index in [1.807, 2.05) is 12.3 Å². The van der Waals surface area contributed by atoms with E-state index in [9.17, 15) is 9.59 Å². The minimum Gasteiger partial charge on any atom is -0.480 e. The van der Waals surface area contributed by atoms with E-state index < -0.39 is 12.0 Å². The van der Waals surface area contributed by atoms with Crippen LogP contribution in [0.1, 0.15) is 30.5 Å². The molecule has 0 saturated carbocycles. The minimum atomic E-state index is -0.985. The number of aromatic nitrogens is 1. The number of nitrogens with zero attached hydrogens (tertiary/aromatic N) is 2. The molecule has 0 fully saturated rings. The maximum atomic E-state index is 11.7. The number of aryl methyl sites for hydroxylation is 2. The Hall–Kier alpha value is -1.43. The number of aliphatic carboxylic acids is 1. The van der Waals surface area contributed by atoms with Gasteiger partial charge >= 0.3 is 5.97 Å². The van der Waals surface area contributed by atoms with Gasteiger partial charge in [0.2, 0.25) is 5.91 Å². The zero-order valence-electron chi connectivity index (χ0n) is 10.8. The topological polar surface area (TPSA) is 70.5 Å². The maximum absolute atomic E-state index is 11.7. The van der Waals surface area contributed by atoms with Gasteiger partial charge in [-0.2, -0.15) is 0 Å². The highest BCUT2D eigenvalue weighted by Gasteiger charge is 2.20. The number of hydrogen-bond acceptors (Lipinski definition) is 4. The van der Waals surface area contributed by atoms with Crippen LogP contribution in [0.5, 0.6) is 0 Å². The first-order valence-corrected chi connectivity index (χ1v) is 6.69. The normalized spacial score (nSPS) is 12.2. The van der Waals surface area contributed by atoms with Gasteiger partial charge in [-0.3, -0.25) is 4.79 Å². The molecule has 1 amide bonds. The molecule has 0 aliphatic carbocycles. The summed E-state index contributed by atoms with van der Waals surface area (Å²) in [6.07, 6.45) is 1.80. The van der Waals surface area contributed by atoms with Crippen molar-refractivity contribution in [2.45, 2.75) is 39.2 Å². The zero-order valence-corrected chi connectivity index (χ0v) is 11.7. The lowest BCUT2D eigenvalue weighted by atomic mass is 10.2. The van der Waals surface area contributed by atoms with Gasteiger partial charge in [0.05, 0.1) is 10.7 Å². The molecule has 1 heterocycles. The van der Waals surface area contributed by atoms with Crippen LogP contribution in [0.25, 0.3) is 0 Å². The summed E-state index contributed by atoms with van der Waals surface area (Å²) in [6, 6.07) is -0.779. The Morgan fingerprint density at radius 2 is 2.22 bits per heavy atom. The van der Waals surface area contributed by atoms with E-state index in [4.69, 9.17) is 5.11 Å². The monoisotopic (exact) mass is 270 g/mol. The molecule has 1 aromatic heterocycles. The second kappa shape index (κ2) is 6.49. The van der Waals surface area contributed by atoms with Gasteiger partial charge in [0.1, 0.15) is 6.04 Å². The van der Waals surface area contributed by atoms with Crippen molar-refractivity contribution in [1.29, 1.82) is 0 Å². The lowest BCUT2D eigenvalue weighted by Gasteiger charge is -2.21. The fourth-order valence-electron chi connectivity index (χ4n) is 1.50. The fourth-order valence-corrected chi connectivity index (χ4v) is 2.15. The summed E-state index contributed by atoms with van der Waals surface area (Å²) in [4.78, 5) is 28.1. The molecule has 0 aromatic carbocycles. The van der Waals surface area contributed by atoms with E-state index in [2.05, 4.69) is 4.98 Å². The summed E-state index contributed by atoms with van der Waals surface area (Å²) in [5.74, 6) is -1.13. The SMILES string of the molecule is Cc1nc(CCCC(=O)N(C)C(C)C(=O)O)cs1. The maximum Gasteiger partial charge on any atom is 0.326 e. The van der Waals surface area contributed by atoms with Crippen molar-refractivity contribution in [1.82, 2.24) is 9.88 Å². The Bertz CT molecular complexity index is 431. The molecule has 100 valence electrons. The highest BCUT2D eigenvalue weighted by atomic mass is 32.1. The predicted octanol–water partition coefficient (Wildman–Crippen LogP) is 1.71. The molecule has 1 rings (SSSR count). The predicted molar refractivity (Wildman–Crippen MR) is 69.7 cm³/mol. The largest absolute Gasteiger partial charge is 0.480 e. The molecule has 6 heteroatoms. The average Bonchev–Trinajstić information content (AvgIpc) is 2.72. The Morgan fingerprint density at radius 3 is 2.72 bits per heavy atom. The highest BCUT2D eigenvalue weighted by molar-refractivity contribution is 7.09. The van der Waals surface area contributed by atoms with Crippen LogP contribution in [0.2, 0.25) is 0 Å². The van der Waals surface area contributed by atoms with E-state index in [0.717, 1.165) is 17.1 Å². The van der Waals surface area contributed by atoms with Gasteiger partial charge in [-0.1, -0.05) is 0 Å². The third kappa shape index (κ3) is 4.10. The summed E-state index contributed by atoms with van der Waals surface area (Å²) < 4.78 is 0. The lowest BCUT2D eigenvalue weighted by molar-refractivity contribution is -0.148. The molecule has 0 saturated heterocycles. The third-order valence-corrected chi connectivity index (χ3v) is 3.64. The number of likely N-dealkylation sites (N-methyl/N-ethyl adjacent to an activating group) is 1. The molecular formula is C12H18N2O3S. The molecule has 18 heavy (non-hydrogen) atoms. The number of carbonyl (C=O) groups is 2. The number of carboxylic acids is 1. The van der Waals surface area contributed by atoms with Crippen molar-refractivity contribution in [3.8, 4) is 0 Å². The van der Waals surface area contributed by atoms with Crippen molar-refractivity contribution in [3.63, 3.8) is 0 Å². The Balaban J connectivity index is 2.35. The van der Waals surface area contributed by atoms with Gasteiger partial charge in [0, 0.05) is 18.8 Å². The Labute approximate surface area is 110 Å². The molecule has 1 N–H and O–H groups in total. The molecule has 0 spiro atoms. The first-order chi connectivity index (χ1) is 8.41. The van der Waals surface area contributed by atoms with Crippen molar-refractivity contribution in [2.75, 3.05) is 7.05 Å². The first-order valence-electron chi connectivity index (χ1n) is 5.81. The van der Waals surface area contributed by atoms with E-state index in [1.54, 1.807) is 11.3 Å². The Morgan fingerprint density at radius 1 is 1.56 bits per heavy atom. The van der Waals surface area contributed by atoms with Crippen LogP contribution >= 0.6 is 11.3 Å². The van der Waals surface area contributed by atoms with E-state index in [1.165, 1.54) is 18.9 Å². The zero-order chi connectivity index (χ0) is 13.7. The van der Waals surface area contributed by atoms with Gasteiger partial charge in [0.25, 0.3) is 0 Å². The van der Waals surface area contributed by atoms with Crippen LogP contribution in [0.15, 0.2) is 5.38 Å². The summed E-state index contributed by atoms with van der Waals surface area (Å²) in [5, 5.41) is 11.8. The van der Waals surface area contributed by atoms with Crippen LogP contribution in [0, 0.1) is 6.92 Å². The average molecular weight is 270 g/mol. The van der Waals surface area contributed by atoms with Crippen molar-refractivity contribution in [3.05, 3.63) is 16.1 Å². The molecule has 1 atom stereocenters.